The first-order valence-corrected chi connectivity index (χ1v) is 7.96. The molecule has 1 aromatic rings. The molecule has 1 aromatic carbocycles. The monoisotopic (exact) mass is 402 g/mol. The molecule has 0 spiro atoms. The number of nitrogens with one attached hydrogen (secondary N) is 2. The van der Waals surface area contributed by atoms with Crippen LogP contribution in [-0.4, -0.2) is 29.6 Å². The van der Waals surface area contributed by atoms with Crippen molar-refractivity contribution in [1.82, 2.24) is 5.32 Å². The number of benzene rings is 1. The third-order valence-electron chi connectivity index (χ3n) is 3.86. The largest absolute Gasteiger partial charge is 0.478 e. The number of hydrogen-bond donors (Lipinski definition) is 3. The molecular formula is C15H19IN2O3. The minimum atomic E-state index is -1.04. The van der Waals surface area contributed by atoms with Crippen LogP contribution in [0.5, 0.6) is 0 Å². The fraction of sp³-hybridized carbons (Fsp3) is 0.467. The molecule has 5 nitrogen and oxygen atoms in total. The van der Waals surface area contributed by atoms with E-state index in [0.717, 1.165) is 23.0 Å². The molecule has 1 atom stereocenters. The van der Waals surface area contributed by atoms with Gasteiger partial charge in [-0.2, -0.15) is 0 Å². The third-order valence-corrected chi connectivity index (χ3v) is 4.53. The third kappa shape index (κ3) is 3.74. The van der Waals surface area contributed by atoms with Crippen LogP contribution >= 0.6 is 22.6 Å². The summed E-state index contributed by atoms with van der Waals surface area (Å²) in [6, 6.07) is 4.66. The number of amides is 1. The second-order valence-corrected chi connectivity index (χ2v) is 7.21. The summed E-state index contributed by atoms with van der Waals surface area (Å²) in [5.74, 6) is -1.22. The van der Waals surface area contributed by atoms with Gasteiger partial charge in [0.05, 0.1) is 17.3 Å². The average Bonchev–Trinajstić information content (AvgIpc) is 2.39. The summed E-state index contributed by atoms with van der Waals surface area (Å²) < 4.78 is 0.819. The molecular weight excluding hydrogens is 383 g/mol. The SMILES string of the molecule is CC1(C)CCCNC1C(=O)Nc1ccc(I)cc1C(=O)O. The Morgan fingerprint density at radius 2 is 2.14 bits per heavy atom. The minimum absolute atomic E-state index is 0.115. The van der Waals surface area contributed by atoms with Crippen LogP contribution in [0.3, 0.4) is 0 Å². The molecule has 1 heterocycles. The Labute approximate surface area is 137 Å². The zero-order chi connectivity index (χ0) is 15.6. The van der Waals surface area contributed by atoms with E-state index in [2.05, 4.69) is 24.5 Å². The summed E-state index contributed by atoms with van der Waals surface area (Å²) in [5, 5.41) is 15.2. The number of carbonyl (C=O) groups is 2. The van der Waals surface area contributed by atoms with E-state index < -0.39 is 5.97 Å². The lowest BCUT2D eigenvalue weighted by atomic mass is 9.77. The highest BCUT2D eigenvalue weighted by Crippen LogP contribution is 2.31. The Hall–Kier alpha value is -1.15. The number of halogens is 1. The summed E-state index contributed by atoms with van der Waals surface area (Å²) in [6.45, 7) is 4.91. The van der Waals surface area contributed by atoms with Crippen LogP contribution in [0.4, 0.5) is 5.69 Å². The minimum Gasteiger partial charge on any atom is -0.478 e. The van der Waals surface area contributed by atoms with Gasteiger partial charge in [-0.1, -0.05) is 13.8 Å². The van der Waals surface area contributed by atoms with E-state index in [0.29, 0.717) is 5.69 Å². The van der Waals surface area contributed by atoms with Gasteiger partial charge in [-0.15, -0.1) is 0 Å². The first-order chi connectivity index (χ1) is 9.81. The quantitative estimate of drug-likeness (QED) is 0.680. The Morgan fingerprint density at radius 3 is 2.76 bits per heavy atom. The Kier molecular flexibility index (Phi) is 4.88. The number of carboxylic acid groups (broad SMARTS) is 1. The van der Waals surface area contributed by atoms with Crippen molar-refractivity contribution in [2.45, 2.75) is 32.7 Å². The van der Waals surface area contributed by atoms with E-state index in [1.165, 1.54) is 0 Å². The molecule has 0 saturated carbocycles. The van der Waals surface area contributed by atoms with Crippen molar-refractivity contribution in [3.05, 3.63) is 27.3 Å². The lowest BCUT2D eigenvalue weighted by molar-refractivity contribution is -0.121. The predicted octanol–water partition coefficient (Wildman–Crippen LogP) is 2.71. The summed E-state index contributed by atoms with van der Waals surface area (Å²) in [4.78, 5) is 23.8. The van der Waals surface area contributed by atoms with Crippen molar-refractivity contribution in [2.24, 2.45) is 5.41 Å². The zero-order valence-electron chi connectivity index (χ0n) is 12.1. The number of aromatic carboxylic acids is 1. The molecule has 21 heavy (non-hydrogen) atoms. The van der Waals surface area contributed by atoms with Crippen LogP contribution in [0.25, 0.3) is 0 Å². The number of anilines is 1. The molecule has 1 amide bonds. The highest BCUT2D eigenvalue weighted by atomic mass is 127. The van der Waals surface area contributed by atoms with E-state index >= 15 is 0 Å². The molecule has 0 bridgehead atoms. The van der Waals surface area contributed by atoms with Gasteiger partial charge in [0.15, 0.2) is 0 Å². The normalized spacial score (nSPS) is 20.8. The molecule has 114 valence electrons. The van der Waals surface area contributed by atoms with Crippen LogP contribution in [-0.2, 0) is 4.79 Å². The van der Waals surface area contributed by atoms with Gasteiger partial charge in [0, 0.05) is 3.57 Å². The summed E-state index contributed by atoms with van der Waals surface area (Å²) >= 11 is 2.05. The van der Waals surface area contributed by atoms with E-state index in [9.17, 15) is 14.7 Å². The smallest absolute Gasteiger partial charge is 0.337 e. The highest BCUT2D eigenvalue weighted by molar-refractivity contribution is 14.1. The first-order valence-electron chi connectivity index (χ1n) is 6.88. The van der Waals surface area contributed by atoms with Crippen LogP contribution in [0.1, 0.15) is 37.0 Å². The Balaban J connectivity index is 2.22. The Bertz CT molecular complexity index is 572. The topological polar surface area (TPSA) is 78.4 Å². The maximum absolute atomic E-state index is 12.5. The van der Waals surface area contributed by atoms with E-state index in [-0.39, 0.29) is 22.9 Å². The molecule has 0 aliphatic carbocycles. The molecule has 1 saturated heterocycles. The summed E-state index contributed by atoms with van der Waals surface area (Å²) in [6.07, 6.45) is 2.01. The van der Waals surface area contributed by atoms with E-state index in [1.54, 1.807) is 18.2 Å². The molecule has 0 radical (unpaired) electrons. The second-order valence-electron chi connectivity index (χ2n) is 5.96. The molecule has 2 rings (SSSR count). The molecule has 6 heteroatoms. The van der Waals surface area contributed by atoms with Crippen LogP contribution in [0.2, 0.25) is 0 Å². The number of hydrogen-bond acceptors (Lipinski definition) is 3. The molecule has 1 fully saturated rings. The molecule has 1 unspecified atom stereocenters. The molecule has 1 aliphatic rings. The van der Waals surface area contributed by atoms with Crippen molar-refractivity contribution in [3.63, 3.8) is 0 Å². The lowest BCUT2D eigenvalue weighted by Gasteiger charge is -2.38. The fourth-order valence-electron chi connectivity index (χ4n) is 2.67. The number of rotatable bonds is 3. The van der Waals surface area contributed by atoms with Gasteiger partial charge in [-0.05, 0) is 65.6 Å². The van der Waals surface area contributed by atoms with Crippen LogP contribution < -0.4 is 10.6 Å². The zero-order valence-corrected chi connectivity index (χ0v) is 14.2. The number of piperidine rings is 1. The van der Waals surface area contributed by atoms with Gasteiger partial charge in [0.2, 0.25) is 5.91 Å². The lowest BCUT2D eigenvalue weighted by Crippen LogP contribution is -2.53. The summed E-state index contributed by atoms with van der Waals surface area (Å²) in [7, 11) is 0. The predicted molar refractivity (Wildman–Crippen MR) is 89.6 cm³/mol. The maximum Gasteiger partial charge on any atom is 0.337 e. The standard InChI is InChI=1S/C15H19IN2O3/c1-15(2)6-3-7-17-12(15)13(19)18-11-5-4-9(16)8-10(11)14(20)21/h4-5,8,12,17H,3,6-7H2,1-2H3,(H,18,19)(H,20,21). The average molecular weight is 402 g/mol. The van der Waals surface area contributed by atoms with Gasteiger partial charge >= 0.3 is 5.97 Å². The number of carbonyl (C=O) groups excluding carboxylic acids is 1. The van der Waals surface area contributed by atoms with Crippen molar-refractivity contribution >= 4 is 40.2 Å². The highest BCUT2D eigenvalue weighted by Gasteiger charge is 2.37. The van der Waals surface area contributed by atoms with Gasteiger partial charge in [0.1, 0.15) is 0 Å². The fourth-order valence-corrected chi connectivity index (χ4v) is 3.16. The Morgan fingerprint density at radius 1 is 1.43 bits per heavy atom. The van der Waals surface area contributed by atoms with Gasteiger partial charge in [0.25, 0.3) is 0 Å². The summed E-state index contributed by atoms with van der Waals surface area (Å²) in [5.41, 5.74) is 0.314. The van der Waals surface area contributed by atoms with Crippen LogP contribution in [0, 0.1) is 8.99 Å². The maximum atomic E-state index is 12.5. The molecule has 1 aliphatic heterocycles. The molecule has 3 N–H and O–H groups in total. The number of carboxylic acids is 1. The first kappa shape index (κ1) is 16.2. The van der Waals surface area contributed by atoms with Crippen molar-refractivity contribution in [2.75, 3.05) is 11.9 Å². The molecule has 0 aromatic heterocycles. The second kappa shape index (κ2) is 6.31. The van der Waals surface area contributed by atoms with Gasteiger partial charge in [-0.25, -0.2) is 4.79 Å². The van der Waals surface area contributed by atoms with Gasteiger partial charge < -0.3 is 15.7 Å². The van der Waals surface area contributed by atoms with Crippen molar-refractivity contribution < 1.29 is 14.7 Å². The van der Waals surface area contributed by atoms with Crippen molar-refractivity contribution in [3.8, 4) is 0 Å². The van der Waals surface area contributed by atoms with E-state index in [1.807, 2.05) is 22.6 Å². The van der Waals surface area contributed by atoms with Crippen molar-refractivity contribution in [1.29, 1.82) is 0 Å². The van der Waals surface area contributed by atoms with E-state index in [4.69, 9.17) is 0 Å². The van der Waals surface area contributed by atoms with Crippen LogP contribution in [0.15, 0.2) is 18.2 Å². The van der Waals surface area contributed by atoms with Gasteiger partial charge in [-0.3, -0.25) is 4.79 Å².